The molecule has 2 aromatic carbocycles. The van der Waals surface area contributed by atoms with Crippen molar-refractivity contribution in [1.29, 1.82) is 0 Å². The Hall–Kier alpha value is -2.06. The molecule has 0 heterocycles. The van der Waals surface area contributed by atoms with Crippen LogP contribution in [0.15, 0.2) is 48.5 Å². The highest BCUT2D eigenvalue weighted by atomic mass is 35.5. The number of hydrogen-bond acceptors (Lipinski definition) is 3. The Kier molecular flexibility index (Phi) is 10.9. The molecule has 0 aliphatic carbocycles. The number of anilines is 2. The molecule has 0 aromatic heterocycles. The van der Waals surface area contributed by atoms with Crippen molar-refractivity contribution in [3.8, 4) is 0 Å². The molecule has 2 rings (SSSR count). The molecule has 6 nitrogen and oxygen atoms in total. The number of halogens is 2. The van der Waals surface area contributed by atoms with Gasteiger partial charge in [0.15, 0.2) is 5.11 Å². The predicted molar refractivity (Wildman–Crippen MR) is 136 cm³/mol. The topological polar surface area (TPSA) is 59.6 Å². The van der Waals surface area contributed by atoms with Gasteiger partial charge in [-0.25, -0.2) is 4.79 Å². The number of hydrogen-bond donors (Lipinski definition) is 3. The molecule has 0 saturated heterocycles. The summed E-state index contributed by atoms with van der Waals surface area (Å²) in [6, 6.07) is 14.1. The van der Waals surface area contributed by atoms with Crippen molar-refractivity contribution >= 4 is 57.9 Å². The van der Waals surface area contributed by atoms with Crippen LogP contribution in [0.3, 0.4) is 0 Å². The Morgan fingerprint density at radius 1 is 0.839 bits per heavy atom. The Balaban J connectivity index is 1.90. The minimum Gasteiger partial charge on any atom is -0.346 e. The van der Waals surface area contributed by atoms with Crippen molar-refractivity contribution in [2.45, 2.75) is 13.8 Å². The minimum atomic E-state index is -0.275. The van der Waals surface area contributed by atoms with Crippen LogP contribution in [0.1, 0.15) is 13.8 Å². The molecule has 9 heteroatoms. The lowest BCUT2D eigenvalue weighted by molar-refractivity contribution is 0.248. The first-order chi connectivity index (χ1) is 14.9. The molecule has 2 aromatic rings. The average molecular weight is 482 g/mol. The van der Waals surface area contributed by atoms with E-state index in [0.717, 1.165) is 31.9 Å². The SMILES string of the molecule is CCN(CC)CCN(CCNC(=O)Nc1ccc(Cl)cc1)C(=S)Nc1ccc(Cl)cc1. The number of thiocarbonyl (C=S) groups is 1. The zero-order chi connectivity index (χ0) is 22.6. The van der Waals surface area contributed by atoms with Gasteiger partial charge < -0.3 is 25.8 Å². The van der Waals surface area contributed by atoms with Crippen molar-refractivity contribution in [3.63, 3.8) is 0 Å². The average Bonchev–Trinajstić information content (AvgIpc) is 2.76. The van der Waals surface area contributed by atoms with Gasteiger partial charge in [-0.15, -0.1) is 0 Å². The number of rotatable bonds is 10. The lowest BCUT2D eigenvalue weighted by Crippen LogP contribution is -2.45. The van der Waals surface area contributed by atoms with E-state index in [9.17, 15) is 4.79 Å². The monoisotopic (exact) mass is 481 g/mol. The lowest BCUT2D eigenvalue weighted by atomic mass is 10.3. The molecule has 0 radical (unpaired) electrons. The maximum absolute atomic E-state index is 12.2. The maximum Gasteiger partial charge on any atom is 0.319 e. The number of nitrogens with one attached hydrogen (secondary N) is 3. The second kappa shape index (κ2) is 13.4. The number of carbonyl (C=O) groups excluding carboxylic acids is 1. The Morgan fingerprint density at radius 3 is 1.87 bits per heavy atom. The van der Waals surface area contributed by atoms with Gasteiger partial charge >= 0.3 is 6.03 Å². The molecule has 3 N–H and O–H groups in total. The number of amides is 2. The molecule has 0 aliphatic rings. The normalized spacial score (nSPS) is 10.6. The van der Waals surface area contributed by atoms with Gasteiger partial charge in [0.2, 0.25) is 0 Å². The summed E-state index contributed by atoms with van der Waals surface area (Å²) in [4.78, 5) is 16.6. The van der Waals surface area contributed by atoms with E-state index in [2.05, 4.69) is 39.6 Å². The van der Waals surface area contributed by atoms with E-state index >= 15 is 0 Å². The van der Waals surface area contributed by atoms with Crippen molar-refractivity contribution in [1.82, 2.24) is 15.1 Å². The highest BCUT2D eigenvalue weighted by molar-refractivity contribution is 7.80. The van der Waals surface area contributed by atoms with Crippen LogP contribution in [0.2, 0.25) is 10.0 Å². The van der Waals surface area contributed by atoms with Gasteiger partial charge in [-0.3, -0.25) is 0 Å². The van der Waals surface area contributed by atoms with Crippen molar-refractivity contribution in [2.75, 3.05) is 49.9 Å². The second-order valence-electron chi connectivity index (χ2n) is 6.84. The van der Waals surface area contributed by atoms with Crippen LogP contribution in [0.25, 0.3) is 0 Å². The summed E-state index contributed by atoms with van der Waals surface area (Å²) in [5, 5.41) is 10.8. The van der Waals surface area contributed by atoms with Gasteiger partial charge in [0, 0.05) is 47.6 Å². The van der Waals surface area contributed by atoms with Crippen molar-refractivity contribution in [2.24, 2.45) is 0 Å². The summed E-state index contributed by atoms with van der Waals surface area (Å²) in [5.41, 5.74) is 1.55. The molecule has 0 bridgehead atoms. The quantitative estimate of drug-likeness (QED) is 0.409. The molecule has 0 unspecified atom stereocenters. The van der Waals surface area contributed by atoms with E-state index in [-0.39, 0.29) is 6.03 Å². The second-order valence-corrected chi connectivity index (χ2v) is 8.10. The largest absolute Gasteiger partial charge is 0.346 e. The lowest BCUT2D eigenvalue weighted by Gasteiger charge is -2.29. The van der Waals surface area contributed by atoms with Crippen LogP contribution in [-0.4, -0.2) is 60.2 Å². The van der Waals surface area contributed by atoms with Gasteiger partial charge in [-0.1, -0.05) is 37.0 Å². The molecular weight excluding hydrogens is 453 g/mol. The number of carbonyl (C=O) groups is 1. The Bertz CT molecular complexity index is 829. The molecule has 0 fully saturated rings. The van der Waals surface area contributed by atoms with Crippen LogP contribution in [-0.2, 0) is 0 Å². The predicted octanol–water partition coefficient (Wildman–Crippen LogP) is 5.16. The molecule has 0 atom stereocenters. The summed E-state index contributed by atoms with van der Waals surface area (Å²) in [6.07, 6.45) is 0. The summed E-state index contributed by atoms with van der Waals surface area (Å²) in [5.74, 6) is 0. The highest BCUT2D eigenvalue weighted by Crippen LogP contribution is 2.14. The highest BCUT2D eigenvalue weighted by Gasteiger charge is 2.12. The van der Waals surface area contributed by atoms with E-state index in [4.69, 9.17) is 35.4 Å². The molecule has 0 aliphatic heterocycles. The summed E-state index contributed by atoms with van der Waals surface area (Å²) in [6.45, 7) is 8.89. The fourth-order valence-electron chi connectivity index (χ4n) is 2.87. The molecule has 0 saturated carbocycles. The van der Waals surface area contributed by atoms with Gasteiger partial charge in [-0.05, 0) is 73.8 Å². The van der Waals surface area contributed by atoms with Gasteiger partial charge in [0.25, 0.3) is 0 Å². The van der Waals surface area contributed by atoms with Crippen LogP contribution >= 0.6 is 35.4 Å². The van der Waals surface area contributed by atoms with Crippen LogP contribution < -0.4 is 16.0 Å². The van der Waals surface area contributed by atoms with E-state index in [0.29, 0.717) is 33.9 Å². The standard InChI is InChI=1S/C22H29Cl2N5OS/c1-3-28(4-2)15-16-29(22(31)27-20-11-7-18(24)8-12-20)14-13-25-21(30)26-19-9-5-17(23)6-10-19/h5-12H,3-4,13-16H2,1-2H3,(H,27,31)(H2,25,26,30). The van der Waals surface area contributed by atoms with E-state index in [1.807, 2.05) is 24.3 Å². The Morgan fingerprint density at radius 2 is 1.35 bits per heavy atom. The first kappa shape index (κ1) is 25.2. The molecule has 0 spiro atoms. The van der Waals surface area contributed by atoms with Gasteiger partial charge in [0.1, 0.15) is 0 Å². The zero-order valence-electron chi connectivity index (χ0n) is 17.8. The molecular formula is C22H29Cl2N5OS. The first-order valence-corrected chi connectivity index (χ1v) is 11.4. The van der Waals surface area contributed by atoms with Gasteiger partial charge in [0.05, 0.1) is 0 Å². The molecule has 168 valence electrons. The minimum absolute atomic E-state index is 0.275. The van der Waals surface area contributed by atoms with Crippen molar-refractivity contribution in [3.05, 3.63) is 58.6 Å². The summed E-state index contributed by atoms with van der Waals surface area (Å²) in [7, 11) is 0. The first-order valence-electron chi connectivity index (χ1n) is 10.3. The smallest absolute Gasteiger partial charge is 0.319 e. The van der Waals surface area contributed by atoms with Crippen LogP contribution in [0.5, 0.6) is 0 Å². The third kappa shape index (κ3) is 9.31. The van der Waals surface area contributed by atoms with Gasteiger partial charge in [-0.2, -0.15) is 0 Å². The Labute approximate surface area is 199 Å². The van der Waals surface area contributed by atoms with E-state index in [1.165, 1.54) is 0 Å². The molecule has 31 heavy (non-hydrogen) atoms. The number of benzene rings is 2. The van der Waals surface area contributed by atoms with Crippen molar-refractivity contribution < 1.29 is 4.79 Å². The van der Waals surface area contributed by atoms with E-state index < -0.39 is 0 Å². The zero-order valence-corrected chi connectivity index (χ0v) is 20.2. The third-order valence-electron chi connectivity index (χ3n) is 4.73. The number of likely N-dealkylation sites (N-methyl/N-ethyl adjacent to an activating group) is 1. The maximum atomic E-state index is 12.2. The summed E-state index contributed by atoms with van der Waals surface area (Å²) < 4.78 is 0. The summed E-state index contributed by atoms with van der Waals surface area (Å²) >= 11 is 17.5. The van der Waals surface area contributed by atoms with E-state index in [1.54, 1.807) is 24.3 Å². The number of urea groups is 1. The fourth-order valence-corrected chi connectivity index (χ4v) is 3.42. The molecule has 2 amide bonds. The van der Waals surface area contributed by atoms with Crippen LogP contribution in [0.4, 0.5) is 16.2 Å². The third-order valence-corrected chi connectivity index (χ3v) is 5.60. The fraction of sp³-hybridized carbons (Fsp3) is 0.364. The number of nitrogens with zero attached hydrogens (tertiary/aromatic N) is 2. The van der Waals surface area contributed by atoms with Crippen LogP contribution in [0, 0.1) is 0 Å².